The van der Waals surface area contributed by atoms with E-state index in [1.54, 1.807) is 29.2 Å². The molecule has 0 aliphatic heterocycles. The minimum absolute atomic E-state index is 0.0294. The summed E-state index contributed by atoms with van der Waals surface area (Å²) in [5, 5.41) is 17.7. The quantitative estimate of drug-likeness (QED) is 0.869. The standard InChI is InChI=1S/C12H10FN3O/c13-12-3-9(1-2-10(12)4-14)6-16-8-15-5-11(16)7-17/h1-3,5,8,17H,6-7H2. The molecule has 1 aromatic heterocycles. The lowest BCUT2D eigenvalue weighted by Gasteiger charge is -2.06. The van der Waals surface area contributed by atoms with E-state index in [0.717, 1.165) is 0 Å². The van der Waals surface area contributed by atoms with Gasteiger partial charge in [0.25, 0.3) is 0 Å². The lowest BCUT2D eigenvalue weighted by atomic mass is 10.1. The molecule has 2 rings (SSSR count). The number of halogens is 1. The van der Waals surface area contributed by atoms with Crippen LogP contribution in [0.3, 0.4) is 0 Å². The summed E-state index contributed by atoms with van der Waals surface area (Å²) in [5.74, 6) is -0.532. The zero-order chi connectivity index (χ0) is 12.3. The number of imidazole rings is 1. The van der Waals surface area contributed by atoms with Gasteiger partial charge in [0.1, 0.15) is 11.9 Å². The molecule has 1 heterocycles. The largest absolute Gasteiger partial charge is 0.390 e. The molecule has 0 amide bonds. The second-order valence-corrected chi connectivity index (χ2v) is 3.60. The van der Waals surface area contributed by atoms with E-state index in [4.69, 9.17) is 10.4 Å². The maximum Gasteiger partial charge on any atom is 0.141 e. The van der Waals surface area contributed by atoms with Crippen molar-refractivity contribution < 1.29 is 9.50 Å². The van der Waals surface area contributed by atoms with Gasteiger partial charge in [-0.05, 0) is 17.7 Å². The Morgan fingerprint density at radius 1 is 1.47 bits per heavy atom. The third-order valence-corrected chi connectivity index (χ3v) is 2.47. The number of rotatable bonds is 3. The van der Waals surface area contributed by atoms with E-state index in [9.17, 15) is 4.39 Å². The van der Waals surface area contributed by atoms with Gasteiger partial charge in [-0.2, -0.15) is 5.26 Å². The topological polar surface area (TPSA) is 61.8 Å². The van der Waals surface area contributed by atoms with Gasteiger partial charge in [0.15, 0.2) is 0 Å². The number of nitrogens with zero attached hydrogens (tertiary/aromatic N) is 3. The number of benzene rings is 1. The first-order chi connectivity index (χ1) is 8.24. The average molecular weight is 231 g/mol. The molecule has 5 heteroatoms. The summed E-state index contributed by atoms with van der Waals surface area (Å²) in [5.41, 5.74) is 1.41. The minimum Gasteiger partial charge on any atom is -0.390 e. The third-order valence-electron chi connectivity index (χ3n) is 2.47. The van der Waals surface area contributed by atoms with Crippen molar-refractivity contribution in [1.29, 1.82) is 5.26 Å². The van der Waals surface area contributed by atoms with Gasteiger partial charge in [-0.15, -0.1) is 0 Å². The second kappa shape index (κ2) is 4.76. The highest BCUT2D eigenvalue weighted by atomic mass is 19.1. The first-order valence-electron chi connectivity index (χ1n) is 5.03. The fraction of sp³-hybridized carbons (Fsp3) is 0.167. The van der Waals surface area contributed by atoms with Crippen molar-refractivity contribution in [3.63, 3.8) is 0 Å². The number of hydrogen-bond acceptors (Lipinski definition) is 3. The van der Waals surface area contributed by atoms with Crippen molar-refractivity contribution in [1.82, 2.24) is 9.55 Å². The molecule has 1 aromatic carbocycles. The molecule has 4 nitrogen and oxygen atoms in total. The number of aromatic nitrogens is 2. The Labute approximate surface area is 97.6 Å². The molecule has 0 atom stereocenters. The van der Waals surface area contributed by atoms with Gasteiger partial charge in [0.2, 0.25) is 0 Å². The van der Waals surface area contributed by atoms with Crippen LogP contribution >= 0.6 is 0 Å². The summed E-state index contributed by atoms with van der Waals surface area (Å²) in [6.45, 7) is 0.303. The van der Waals surface area contributed by atoms with Crippen molar-refractivity contribution in [3.05, 3.63) is 53.4 Å². The highest BCUT2D eigenvalue weighted by Gasteiger charge is 2.05. The van der Waals surface area contributed by atoms with Crippen LogP contribution in [-0.2, 0) is 13.2 Å². The predicted octanol–water partition coefficient (Wildman–Crippen LogP) is 1.43. The van der Waals surface area contributed by atoms with Crippen molar-refractivity contribution in [2.75, 3.05) is 0 Å². The lowest BCUT2D eigenvalue weighted by Crippen LogP contribution is -2.03. The highest BCUT2D eigenvalue weighted by molar-refractivity contribution is 5.33. The lowest BCUT2D eigenvalue weighted by molar-refractivity contribution is 0.271. The molecule has 17 heavy (non-hydrogen) atoms. The molecule has 0 bridgehead atoms. The summed E-state index contributed by atoms with van der Waals surface area (Å²) >= 11 is 0. The van der Waals surface area contributed by atoms with Crippen LogP contribution in [0.25, 0.3) is 0 Å². The summed E-state index contributed by atoms with van der Waals surface area (Å²) in [7, 11) is 0. The van der Waals surface area contributed by atoms with Crippen LogP contribution in [0.2, 0.25) is 0 Å². The molecule has 2 aromatic rings. The smallest absolute Gasteiger partial charge is 0.141 e. The normalized spacial score (nSPS) is 10.2. The Kier molecular flexibility index (Phi) is 3.17. The van der Waals surface area contributed by atoms with Crippen LogP contribution in [-0.4, -0.2) is 14.7 Å². The SMILES string of the molecule is N#Cc1ccc(Cn2cncc2CO)cc1F. The van der Waals surface area contributed by atoms with Crippen LogP contribution in [0.15, 0.2) is 30.7 Å². The summed E-state index contributed by atoms with van der Waals surface area (Å²) in [6.07, 6.45) is 3.13. The van der Waals surface area contributed by atoms with Crippen molar-refractivity contribution in [3.8, 4) is 6.07 Å². The van der Waals surface area contributed by atoms with Crippen LogP contribution < -0.4 is 0 Å². The predicted molar refractivity (Wildman–Crippen MR) is 58.4 cm³/mol. The summed E-state index contributed by atoms with van der Waals surface area (Å²) in [6, 6.07) is 6.22. The van der Waals surface area contributed by atoms with Gasteiger partial charge in [-0.25, -0.2) is 9.37 Å². The average Bonchev–Trinajstić information content (AvgIpc) is 2.76. The molecule has 0 aliphatic rings. The zero-order valence-electron chi connectivity index (χ0n) is 8.97. The van der Waals surface area contributed by atoms with E-state index in [-0.39, 0.29) is 12.2 Å². The number of hydrogen-bond donors (Lipinski definition) is 1. The molecule has 86 valence electrons. The molecule has 1 N–H and O–H groups in total. The van der Waals surface area contributed by atoms with E-state index in [1.807, 2.05) is 0 Å². The van der Waals surface area contributed by atoms with Crippen LogP contribution in [0.1, 0.15) is 16.8 Å². The van der Waals surface area contributed by atoms with Crippen molar-refractivity contribution in [2.45, 2.75) is 13.2 Å². The van der Waals surface area contributed by atoms with Crippen LogP contribution in [0, 0.1) is 17.1 Å². The molecule has 0 radical (unpaired) electrons. The maximum atomic E-state index is 13.4. The first-order valence-corrected chi connectivity index (χ1v) is 5.03. The second-order valence-electron chi connectivity index (χ2n) is 3.60. The van der Waals surface area contributed by atoms with E-state index in [2.05, 4.69) is 4.98 Å². The van der Waals surface area contributed by atoms with Gasteiger partial charge < -0.3 is 9.67 Å². The van der Waals surface area contributed by atoms with Crippen molar-refractivity contribution in [2.24, 2.45) is 0 Å². The zero-order valence-corrected chi connectivity index (χ0v) is 8.97. The molecule has 0 spiro atoms. The molecule has 0 fully saturated rings. The molecule has 0 unspecified atom stereocenters. The molecule has 0 saturated carbocycles. The van der Waals surface area contributed by atoms with Crippen LogP contribution in [0.5, 0.6) is 0 Å². The minimum atomic E-state index is -0.532. The number of nitriles is 1. The fourth-order valence-corrected chi connectivity index (χ4v) is 1.57. The van der Waals surface area contributed by atoms with Crippen molar-refractivity contribution >= 4 is 0 Å². The summed E-state index contributed by atoms with van der Waals surface area (Å²) < 4.78 is 15.1. The van der Waals surface area contributed by atoms with Gasteiger partial charge >= 0.3 is 0 Å². The molecule has 0 aliphatic carbocycles. The Balaban J connectivity index is 2.25. The van der Waals surface area contributed by atoms with Gasteiger partial charge in [-0.3, -0.25) is 0 Å². The van der Waals surface area contributed by atoms with Gasteiger partial charge in [0, 0.05) is 6.54 Å². The molecular weight excluding hydrogens is 221 g/mol. The van der Waals surface area contributed by atoms with E-state index >= 15 is 0 Å². The highest BCUT2D eigenvalue weighted by Crippen LogP contribution is 2.12. The number of aliphatic hydroxyl groups excluding tert-OH is 1. The maximum absolute atomic E-state index is 13.4. The Bertz CT molecular complexity index is 571. The first kappa shape index (κ1) is 11.3. The van der Waals surface area contributed by atoms with Crippen LogP contribution in [0.4, 0.5) is 4.39 Å². The van der Waals surface area contributed by atoms with E-state index in [1.165, 1.54) is 12.1 Å². The Morgan fingerprint density at radius 3 is 2.94 bits per heavy atom. The van der Waals surface area contributed by atoms with Gasteiger partial charge in [0.05, 0.1) is 30.4 Å². The van der Waals surface area contributed by atoms with Gasteiger partial charge in [-0.1, -0.05) is 6.07 Å². The molecular formula is C12H10FN3O. The monoisotopic (exact) mass is 231 g/mol. The van der Waals surface area contributed by atoms with E-state index < -0.39 is 5.82 Å². The Hall–Kier alpha value is -2.19. The Morgan fingerprint density at radius 2 is 2.29 bits per heavy atom. The molecule has 0 saturated heterocycles. The summed E-state index contributed by atoms with van der Waals surface area (Å²) in [4.78, 5) is 3.90. The van der Waals surface area contributed by atoms with E-state index in [0.29, 0.717) is 17.8 Å². The number of aliphatic hydroxyl groups is 1. The fourth-order valence-electron chi connectivity index (χ4n) is 1.57. The third kappa shape index (κ3) is 2.32.